The summed E-state index contributed by atoms with van der Waals surface area (Å²) in [5.74, 6) is 0.398. The van der Waals surface area contributed by atoms with Gasteiger partial charge in [-0.25, -0.2) is 0 Å². The van der Waals surface area contributed by atoms with Crippen molar-refractivity contribution < 1.29 is 14.3 Å². The van der Waals surface area contributed by atoms with Gasteiger partial charge in [0, 0.05) is 25.0 Å². The molecule has 1 amide bonds. The minimum Gasteiger partial charge on any atom is -0.492 e. The van der Waals surface area contributed by atoms with Gasteiger partial charge in [-0.1, -0.05) is 12.1 Å². The normalized spacial score (nSPS) is 14.3. The Morgan fingerprint density at radius 2 is 2.08 bits per heavy atom. The number of hydrogen-bond donors (Lipinski definition) is 1. The standard InChI is InChI=1S/C18H21N3O3/c1-2-24-17-6-4-3-5-15(17)20-18(22)16-13-14(7-8-19-16)21-9-11-23-12-10-21/h3-8,13H,2,9-12H2,1H3,(H,20,22). The number of nitrogens with one attached hydrogen (secondary N) is 1. The lowest BCUT2D eigenvalue weighted by molar-refractivity contribution is 0.102. The molecule has 126 valence electrons. The molecule has 1 N–H and O–H groups in total. The number of rotatable bonds is 5. The average molecular weight is 327 g/mol. The summed E-state index contributed by atoms with van der Waals surface area (Å²) in [4.78, 5) is 18.9. The molecular formula is C18H21N3O3. The van der Waals surface area contributed by atoms with Gasteiger partial charge >= 0.3 is 0 Å². The Labute approximate surface area is 141 Å². The fourth-order valence-electron chi connectivity index (χ4n) is 2.60. The molecule has 1 aliphatic rings. The van der Waals surface area contributed by atoms with E-state index in [4.69, 9.17) is 9.47 Å². The third kappa shape index (κ3) is 3.83. The van der Waals surface area contributed by atoms with E-state index in [1.807, 2.05) is 43.3 Å². The lowest BCUT2D eigenvalue weighted by Crippen LogP contribution is -2.36. The quantitative estimate of drug-likeness (QED) is 0.914. The summed E-state index contributed by atoms with van der Waals surface area (Å²) < 4.78 is 10.9. The van der Waals surface area contributed by atoms with Crippen LogP contribution in [0.25, 0.3) is 0 Å². The van der Waals surface area contributed by atoms with Crippen LogP contribution >= 0.6 is 0 Å². The van der Waals surface area contributed by atoms with Crippen molar-refractivity contribution in [2.75, 3.05) is 43.1 Å². The van der Waals surface area contributed by atoms with Crippen LogP contribution in [0.15, 0.2) is 42.6 Å². The molecule has 0 spiro atoms. The largest absolute Gasteiger partial charge is 0.492 e. The highest BCUT2D eigenvalue weighted by atomic mass is 16.5. The summed E-state index contributed by atoms with van der Waals surface area (Å²) in [7, 11) is 0. The molecule has 1 saturated heterocycles. The topological polar surface area (TPSA) is 63.7 Å². The van der Waals surface area contributed by atoms with Gasteiger partial charge in [-0.2, -0.15) is 0 Å². The van der Waals surface area contributed by atoms with Crippen molar-refractivity contribution in [3.05, 3.63) is 48.3 Å². The van der Waals surface area contributed by atoms with Gasteiger partial charge in [0.2, 0.25) is 0 Å². The van der Waals surface area contributed by atoms with Gasteiger partial charge in [-0.15, -0.1) is 0 Å². The predicted octanol–water partition coefficient (Wildman–Crippen LogP) is 2.57. The number of amides is 1. The number of carbonyl (C=O) groups is 1. The van der Waals surface area contributed by atoms with E-state index < -0.39 is 0 Å². The van der Waals surface area contributed by atoms with Crippen molar-refractivity contribution >= 4 is 17.3 Å². The van der Waals surface area contributed by atoms with Crippen LogP contribution in [-0.2, 0) is 4.74 Å². The second kappa shape index (κ2) is 7.79. The van der Waals surface area contributed by atoms with E-state index in [1.54, 1.807) is 6.20 Å². The number of benzene rings is 1. The summed E-state index contributed by atoms with van der Waals surface area (Å²) >= 11 is 0. The highest BCUT2D eigenvalue weighted by molar-refractivity contribution is 6.04. The number of para-hydroxylation sites is 2. The molecule has 0 saturated carbocycles. The lowest BCUT2D eigenvalue weighted by atomic mass is 10.2. The van der Waals surface area contributed by atoms with Crippen LogP contribution < -0.4 is 15.0 Å². The number of morpholine rings is 1. The third-order valence-electron chi connectivity index (χ3n) is 3.79. The Kier molecular flexibility index (Phi) is 5.28. The first-order valence-corrected chi connectivity index (χ1v) is 8.10. The zero-order chi connectivity index (χ0) is 16.8. The Morgan fingerprint density at radius 1 is 1.29 bits per heavy atom. The fourth-order valence-corrected chi connectivity index (χ4v) is 2.60. The molecule has 6 heteroatoms. The average Bonchev–Trinajstić information content (AvgIpc) is 2.64. The van der Waals surface area contributed by atoms with E-state index >= 15 is 0 Å². The van der Waals surface area contributed by atoms with Crippen LogP contribution in [0.5, 0.6) is 5.75 Å². The van der Waals surface area contributed by atoms with Crippen LogP contribution in [-0.4, -0.2) is 43.8 Å². The Bertz CT molecular complexity index is 699. The number of pyridine rings is 1. The molecule has 1 aliphatic heterocycles. The highest BCUT2D eigenvalue weighted by Crippen LogP contribution is 2.24. The van der Waals surface area contributed by atoms with Crippen LogP contribution in [0, 0.1) is 0 Å². The Morgan fingerprint density at radius 3 is 2.88 bits per heavy atom. The van der Waals surface area contributed by atoms with Gasteiger partial charge in [0.05, 0.1) is 25.5 Å². The molecular weight excluding hydrogens is 306 g/mol. The van der Waals surface area contributed by atoms with Crippen LogP contribution in [0.4, 0.5) is 11.4 Å². The Balaban J connectivity index is 1.75. The van der Waals surface area contributed by atoms with Crippen molar-refractivity contribution in [2.45, 2.75) is 6.92 Å². The van der Waals surface area contributed by atoms with E-state index in [9.17, 15) is 4.79 Å². The highest BCUT2D eigenvalue weighted by Gasteiger charge is 2.15. The number of carbonyl (C=O) groups excluding carboxylic acids is 1. The smallest absolute Gasteiger partial charge is 0.274 e. The monoisotopic (exact) mass is 327 g/mol. The maximum absolute atomic E-state index is 12.5. The van der Waals surface area contributed by atoms with Gasteiger partial charge < -0.3 is 19.7 Å². The van der Waals surface area contributed by atoms with Crippen molar-refractivity contribution in [3.8, 4) is 5.75 Å². The molecule has 0 unspecified atom stereocenters. The van der Waals surface area contributed by atoms with Gasteiger partial charge in [0.15, 0.2) is 0 Å². The van der Waals surface area contributed by atoms with Gasteiger partial charge in [0.1, 0.15) is 11.4 Å². The van der Waals surface area contributed by atoms with E-state index in [1.165, 1.54) is 0 Å². The maximum Gasteiger partial charge on any atom is 0.274 e. The Hall–Kier alpha value is -2.60. The molecule has 1 aromatic carbocycles. The molecule has 1 fully saturated rings. The molecule has 0 atom stereocenters. The minimum atomic E-state index is -0.253. The van der Waals surface area contributed by atoms with E-state index in [2.05, 4.69) is 15.2 Å². The van der Waals surface area contributed by atoms with Gasteiger partial charge in [0.25, 0.3) is 5.91 Å². The second-order valence-electron chi connectivity index (χ2n) is 5.38. The molecule has 6 nitrogen and oxygen atoms in total. The molecule has 1 aromatic heterocycles. The van der Waals surface area contributed by atoms with E-state index in [-0.39, 0.29) is 5.91 Å². The lowest BCUT2D eigenvalue weighted by Gasteiger charge is -2.28. The molecule has 2 aromatic rings. The first kappa shape index (κ1) is 16.3. The molecule has 3 rings (SSSR count). The van der Waals surface area contributed by atoms with Crippen molar-refractivity contribution in [3.63, 3.8) is 0 Å². The predicted molar refractivity (Wildman–Crippen MR) is 92.8 cm³/mol. The van der Waals surface area contributed by atoms with E-state index in [0.29, 0.717) is 37.0 Å². The van der Waals surface area contributed by atoms with Gasteiger partial charge in [-0.05, 0) is 31.2 Å². The number of hydrogen-bond acceptors (Lipinski definition) is 5. The van der Waals surface area contributed by atoms with Crippen LogP contribution in [0.1, 0.15) is 17.4 Å². The number of nitrogens with zero attached hydrogens (tertiary/aromatic N) is 2. The zero-order valence-corrected chi connectivity index (χ0v) is 13.7. The minimum absolute atomic E-state index is 0.253. The second-order valence-corrected chi connectivity index (χ2v) is 5.38. The van der Waals surface area contributed by atoms with Crippen molar-refractivity contribution in [1.82, 2.24) is 4.98 Å². The summed E-state index contributed by atoms with van der Waals surface area (Å²) in [6, 6.07) is 11.1. The van der Waals surface area contributed by atoms with Crippen molar-refractivity contribution in [2.24, 2.45) is 0 Å². The summed E-state index contributed by atoms with van der Waals surface area (Å²) in [5.41, 5.74) is 2.00. The fraction of sp³-hybridized carbons (Fsp3) is 0.333. The van der Waals surface area contributed by atoms with Crippen molar-refractivity contribution in [1.29, 1.82) is 0 Å². The SMILES string of the molecule is CCOc1ccccc1NC(=O)c1cc(N2CCOCC2)ccn1. The first-order valence-electron chi connectivity index (χ1n) is 8.10. The summed E-state index contributed by atoms with van der Waals surface area (Å²) in [6.45, 7) is 5.48. The van der Waals surface area contributed by atoms with Crippen LogP contribution in [0.2, 0.25) is 0 Å². The van der Waals surface area contributed by atoms with Gasteiger partial charge in [-0.3, -0.25) is 9.78 Å². The molecule has 24 heavy (non-hydrogen) atoms. The molecule has 0 radical (unpaired) electrons. The zero-order valence-electron chi connectivity index (χ0n) is 13.7. The number of aromatic nitrogens is 1. The molecule has 0 bridgehead atoms. The molecule has 2 heterocycles. The molecule has 0 aliphatic carbocycles. The van der Waals surface area contributed by atoms with Crippen LogP contribution in [0.3, 0.4) is 0 Å². The summed E-state index contributed by atoms with van der Waals surface area (Å²) in [5, 5.41) is 2.87. The summed E-state index contributed by atoms with van der Waals surface area (Å²) in [6.07, 6.45) is 1.66. The number of anilines is 2. The maximum atomic E-state index is 12.5. The van der Waals surface area contributed by atoms with E-state index in [0.717, 1.165) is 18.8 Å². The number of ether oxygens (including phenoxy) is 2. The first-order chi connectivity index (χ1) is 11.8. The third-order valence-corrected chi connectivity index (χ3v) is 3.79.